The number of carbonyl (C=O) groups is 2. The Labute approximate surface area is 133 Å². The number of sulfonamides is 1. The van der Waals surface area contributed by atoms with Crippen molar-refractivity contribution in [3.8, 4) is 0 Å². The third kappa shape index (κ3) is 7.20. The van der Waals surface area contributed by atoms with E-state index in [1.165, 1.54) is 0 Å². The molecule has 1 aromatic rings. The standard InChI is InChI=1S/C14H19FN2O5S/c1-10(8-14(19)20)9-16-13(18)6-7-17-23(21,22)12-4-2-11(15)3-5-12/h2-5,10,17H,6-9H2,1H3,(H,16,18)(H,19,20). The van der Waals surface area contributed by atoms with Gasteiger partial charge in [-0.25, -0.2) is 17.5 Å². The van der Waals surface area contributed by atoms with Gasteiger partial charge in [-0.2, -0.15) is 0 Å². The molecule has 0 fully saturated rings. The Hall–Kier alpha value is -2.00. The van der Waals surface area contributed by atoms with Crippen molar-refractivity contribution >= 4 is 21.9 Å². The first-order valence-corrected chi connectivity index (χ1v) is 8.43. The van der Waals surface area contributed by atoms with Crippen LogP contribution in [0.15, 0.2) is 29.2 Å². The molecule has 0 aromatic heterocycles. The second kappa shape index (κ2) is 8.59. The molecule has 0 spiro atoms. The number of benzene rings is 1. The van der Waals surface area contributed by atoms with E-state index in [1.807, 2.05) is 0 Å². The number of carbonyl (C=O) groups excluding carboxylic acids is 1. The molecule has 0 aliphatic rings. The molecule has 9 heteroatoms. The molecule has 1 rings (SSSR count). The topological polar surface area (TPSA) is 113 Å². The van der Waals surface area contributed by atoms with E-state index in [1.54, 1.807) is 6.92 Å². The number of hydrogen-bond donors (Lipinski definition) is 3. The van der Waals surface area contributed by atoms with Crippen LogP contribution in [0, 0.1) is 11.7 Å². The van der Waals surface area contributed by atoms with Crippen molar-refractivity contribution in [1.29, 1.82) is 0 Å². The van der Waals surface area contributed by atoms with Crippen LogP contribution in [-0.4, -0.2) is 38.5 Å². The molecule has 3 N–H and O–H groups in total. The van der Waals surface area contributed by atoms with E-state index in [2.05, 4.69) is 10.0 Å². The van der Waals surface area contributed by atoms with Crippen molar-refractivity contribution < 1.29 is 27.5 Å². The van der Waals surface area contributed by atoms with Crippen molar-refractivity contribution in [2.24, 2.45) is 5.92 Å². The third-order valence-electron chi connectivity index (χ3n) is 2.94. The second-order valence-corrected chi connectivity index (χ2v) is 6.88. The highest BCUT2D eigenvalue weighted by atomic mass is 32.2. The molecule has 0 saturated carbocycles. The van der Waals surface area contributed by atoms with Gasteiger partial charge in [0, 0.05) is 25.9 Å². The van der Waals surface area contributed by atoms with Crippen LogP contribution >= 0.6 is 0 Å². The summed E-state index contributed by atoms with van der Waals surface area (Å²) in [4.78, 5) is 21.9. The Morgan fingerprint density at radius 2 is 1.87 bits per heavy atom. The van der Waals surface area contributed by atoms with Gasteiger partial charge in [-0.15, -0.1) is 0 Å². The van der Waals surface area contributed by atoms with Gasteiger partial charge in [0.25, 0.3) is 0 Å². The van der Waals surface area contributed by atoms with Gasteiger partial charge in [-0.3, -0.25) is 9.59 Å². The molecule has 1 amide bonds. The van der Waals surface area contributed by atoms with Crippen LogP contribution in [0.25, 0.3) is 0 Å². The van der Waals surface area contributed by atoms with Gasteiger partial charge in [0.15, 0.2) is 0 Å². The predicted octanol–water partition coefficient (Wildman–Crippen LogP) is 0.721. The summed E-state index contributed by atoms with van der Waals surface area (Å²) in [5, 5.41) is 11.1. The molecule has 128 valence electrons. The molecular formula is C14H19FN2O5S. The van der Waals surface area contributed by atoms with Gasteiger partial charge in [0.05, 0.1) is 4.90 Å². The minimum atomic E-state index is -3.79. The zero-order valence-corrected chi connectivity index (χ0v) is 13.4. The monoisotopic (exact) mass is 346 g/mol. The van der Waals surface area contributed by atoms with Crippen LogP contribution in [0.4, 0.5) is 4.39 Å². The molecule has 0 radical (unpaired) electrons. The van der Waals surface area contributed by atoms with Crippen LogP contribution in [0.5, 0.6) is 0 Å². The number of amides is 1. The fraction of sp³-hybridized carbons (Fsp3) is 0.429. The van der Waals surface area contributed by atoms with E-state index in [0.29, 0.717) is 0 Å². The van der Waals surface area contributed by atoms with E-state index in [-0.39, 0.29) is 42.7 Å². The molecule has 0 bridgehead atoms. The SMILES string of the molecule is CC(CNC(=O)CCNS(=O)(=O)c1ccc(F)cc1)CC(=O)O. The minimum Gasteiger partial charge on any atom is -0.481 e. The Morgan fingerprint density at radius 3 is 2.43 bits per heavy atom. The van der Waals surface area contributed by atoms with Crippen molar-refractivity contribution in [3.63, 3.8) is 0 Å². The minimum absolute atomic E-state index is 0.0581. The normalized spacial score (nSPS) is 12.6. The van der Waals surface area contributed by atoms with E-state index < -0.39 is 21.8 Å². The van der Waals surface area contributed by atoms with E-state index in [4.69, 9.17) is 5.11 Å². The molecule has 1 unspecified atom stereocenters. The number of nitrogens with one attached hydrogen (secondary N) is 2. The number of hydrogen-bond acceptors (Lipinski definition) is 4. The number of rotatable bonds is 9. The highest BCUT2D eigenvalue weighted by Gasteiger charge is 2.14. The quantitative estimate of drug-likeness (QED) is 0.610. The smallest absolute Gasteiger partial charge is 0.303 e. The number of carboxylic acids is 1. The summed E-state index contributed by atoms with van der Waals surface area (Å²) >= 11 is 0. The Morgan fingerprint density at radius 1 is 1.26 bits per heavy atom. The fourth-order valence-electron chi connectivity index (χ4n) is 1.74. The summed E-state index contributed by atoms with van der Waals surface area (Å²) in [6.45, 7) is 1.78. The van der Waals surface area contributed by atoms with Gasteiger partial charge < -0.3 is 10.4 Å². The lowest BCUT2D eigenvalue weighted by atomic mass is 10.1. The highest BCUT2D eigenvalue weighted by molar-refractivity contribution is 7.89. The largest absolute Gasteiger partial charge is 0.481 e. The first kappa shape index (κ1) is 19.0. The lowest BCUT2D eigenvalue weighted by Crippen LogP contribution is -2.33. The molecule has 0 aliphatic carbocycles. The Balaban J connectivity index is 2.36. The van der Waals surface area contributed by atoms with Crippen LogP contribution in [0.2, 0.25) is 0 Å². The maximum atomic E-state index is 12.8. The summed E-state index contributed by atoms with van der Waals surface area (Å²) < 4.78 is 38.8. The summed E-state index contributed by atoms with van der Waals surface area (Å²) in [6, 6.07) is 4.33. The van der Waals surface area contributed by atoms with E-state index in [9.17, 15) is 22.4 Å². The van der Waals surface area contributed by atoms with Crippen LogP contribution in [0.1, 0.15) is 19.8 Å². The van der Waals surface area contributed by atoms with Gasteiger partial charge >= 0.3 is 5.97 Å². The number of aliphatic carboxylic acids is 1. The van der Waals surface area contributed by atoms with Crippen molar-refractivity contribution in [3.05, 3.63) is 30.1 Å². The average molecular weight is 346 g/mol. The molecular weight excluding hydrogens is 327 g/mol. The zero-order valence-electron chi connectivity index (χ0n) is 12.6. The average Bonchev–Trinajstić information content (AvgIpc) is 2.44. The molecule has 1 atom stereocenters. The second-order valence-electron chi connectivity index (χ2n) is 5.11. The zero-order chi connectivity index (χ0) is 17.5. The lowest BCUT2D eigenvalue weighted by Gasteiger charge is -2.11. The molecule has 0 saturated heterocycles. The number of halogens is 1. The maximum Gasteiger partial charge on any atom is 0.303 e. The Kier molecular flexibility index (Phi) is 7.11. The van der Waals surface area contributed by atoms with Crippen molar-refractivity contribution in [2.45, 2.75) is 24.7 Å². The number of carboxylic acid groups (broad SMARTS) is 1. The first-order chi connectivity index (χ1) is 10.7. The predicted molar refractivity (Wildman–Crippen MR) is 80.6 cm³/mol. The third-order valence-corrected chi connectivity index (χ3v) is 4.42. The molecule has 23 heavy (non-hydrogen) atoms. The summed E-state index contributed by atoms with van der Waals surface area (Å²) in [7, 11) is -3.79. The summed E-state index contributed by atoms with van der Waals surface area (Å²) in [5.74, 6) is -2.09. The van der Waals surface area contributed by atoms with E-state index >= 15 is 0 Å². The fourth-order valence-corrected chi connectivity index (χ4v) is 2.77. The van der Waals surface area contributed by atoms with Crippen LogP contribution in [0.3, 0.4) is 0 Å². The molecule has 0 aliphatic heterocycles. The molecule has 1 aromatic carbocycles. The molecule has 7 nitrogen and oxygen atoms in total. The van der Waals surface area contributed by atoms with Crippen molar-refractivity contribution in [2.75, 3.05) is 13.1 Å². The first-order valence-electron chi connectivity index (χ1n) is 6.94. The Bertz CT molecular complexity index is 646. The van der Waals surface area contributed by atoms with Crippen molar-refractivity contribution in [1.82, 2.24) is 10.0 Å². The van der Waals surface area contributed by atoms with Gasteiger partial charge in [-0.05, 0) is 30.2 Å². The van der Waals surface area contributed by atoms with E-state index in [0.717, 1.165) is 24.3 Å². The van der Waals surface area contributed by atoms with Crippen LogP contribution < -0.4 is 10.0 Å². The maximum absolute atomic E-state index is 12.8. The van der Waals surface area contributed by atoms with Crippen LogP contribution in [-0.2, 0) is 19.6 Å². The summed E-state index contributed by atoms with van der Waals surface area (Å²) in [6.07, 6.45) is -0.141. The highest BCUT2D eigenvalue weighted by Crippen LogP contribution is 2.09. The van der Waals surface area contributed by atoms with Gasteiger partial charge in [0.1, 0.15) is 5.82 Å². The van der Waals surface area contributed by atoms with Gasteiger partial charge in [0.2, 0.25) is 15.9 Å². The molecule has 0 heterocycles. The summed E-state index contributed by atoms with van der Waals surface area (Å²) in [5.41, 5.74) is 0. The van der Waals surface area contributed by atoms with Gasteiger partial charge in [-0.1, -0.05) is 6.92 Å². The lowest BCUT2D eigenvalue weighted by molar-refractivity contribution is -0.138.